The van der Waals surface area contributed by atoms with E-state index in [1.807, 2.05) is 19.9 Å². The minimum atomic E-state index is -0.977. The van der Waals surface area contributed by atoms with E-state index >= 15 is 0 Å². The van der Waals surface area contributed by atoms with Crippen molar-refractivity contribution >= 4 is 23.4 Å². The number of amides is 2. The summed E-state index contributed by atoms with van der Waals surface area (Å²) in [5.74, 6) is 0.269. The Balaban J connectivity index is 1.53. The predicted octanol–water partition coefficient (Wildman–Crippen LogP) is 3.11. The molecule has 2 aromatic heterocycles. The number of hydrogen-bond acceptors (Lipinski definition) is 6. The van der Waals surface area contributed by atoms with Crippen LogP contribution < -0.4 is 10.6 Å². The maximum Gasteiger partial charge on any atom is 0.412 e. The van der Waals surface area contributed by atoms with E-state index in [1.165, 1.54) is 13.1 Å². The van der Waals surface area contributed by atoms with Crippen LogP contribution in [0.15, 0.2) is 47.2 Å². The van der Waals surface area contributed by atoms with Crippen LogP contribution in [-0.4, -0.2) is 33.0 Å². The predicted molar refractivity (Wildman–Crippen MR) is 102 cm³/mol. The van der Waals surface area contributed by atoms with Gasteiger partial charge in [-0.1, -0.05) is 23.4 Å². The number of rotatable bonds is 6. The second kappa shape index (κ2) is 8.38. The highest BCUT2D eigenvalue weighted by Gasteiger charge is 2.19. The second-order valence-corrected chi connectivity index (χ2v) is 6.26. The number of hydrogen-bond donors (Lipinski definition) is 2. The van der Waals surface area contributed by atoms with Gasteiger partial charge < -0.3 is 14.6 Å². The number of benzene rings is 1. The number of carbonyl (C=O) groups excluding carboxylic acids is 2. The molecule has 2 amide bonds. The molecule has 3 rings (SSSR count). The van der Waals surface area contributed by atoms with Crippen molar-refractivity contribution < 1.29 is 18.8 Å². The van der Waals surface area contributed by atoms with Crippen molar-refractivity contribution in [2.75, 3.05) is 10.6 Å². The summed E-state index contributed by atoms with van der Waals surface area (Å²) in [6.45, 7) is 5.66. The molecule has 0 bridgehead atoms. The first kappa shape index (κ1) is 19.2. The smallest absolute Gasteiger partial charge is 0.412 e. The zero-order chi connectivity index (χ0) is 20.1. The molecule has 3 aromatic rings. The molecule has 28 heavy (non-hydrogen) atoms. The fraction of sp³-hybridized carbons (Fsp3) is 0.263. The van der Waals surface area contributed by atoms with Crippen LogP contribution in [-0.2, 0) is 16.1 Å². The number of aryl methyl sites for hydroxylation is 2. The van der Waals surface area contributed by atoms with E-state index in [1.54, 1.807) is 35.1 Å². The zero-order valence-electron chi connectivity index (χ0n) is 15.8. The van der Waals surface area contributed by atoms with Crippen molar-refractivity contribution in [2.24, 2.45) is 0 Å². The van der Waals surface area contributed by atoms with Crippen LogP contribution in [0.25, 0.3) is 0 Å². The first-order chi connectivity index (χ1) is 13.4. The van der Waals surface area contributed by atoms with E-state index < -0.39 is 18.1 Å². The van der Waals surface area contributed by atoms with Gasteiger partial charge >= 0.3 is 6.09 Å². The van der Waals surface area contributed by atoms with Crippen molar-refractivity contribution in [1.29, 1.82) is 0 Å². The summed E-state index contributed by atoms with van der Waals surface area (Å²) >= 11 is 0. The lowest BCUT2D eigenvalue weighted by Crippen LogP contribution is -2.31. The largest absolute Gasteiger partial charge is 0.436 e. The third-order valence-electron chi connectivity index (χ3n) is 4.08. The van der Waals surface area contributed by atoms with E-state index in [0.717, 1.165) is 17.0 Å². The number of ether oxygens (including phenoxy) is 1. The quantitative estimate of drug-likeness (QED) is 0.676. The Bertz CT molecular complexity index is 944. The van der Waals surface area contributed by atoms with E-state index in [2.05, 4.69) is 20.9 Å². The maximum atomic E-state index is 12.3. The number of aromatic nitrogens is 3. The molecule has 0 aliphatic rings. The highest BCUT2D eigenvalue weighted by atomic mass is 16.6. The van der Waals surface area contributed by atoms with Crippen LogP contribution in [0.2, 0.25) is 0 Å². The van der Waals surface area contributed by atoms with Crippen LogP contribution in [0.5, 0.6) is 0 Å². The lowest BCUT2D eigenvalue weighted by molar-refractivity contribution is -0.123. The molecule has 0 radical (unpaired) electrons. The highest BCUT2D eigenvalue weighted by Crippen LogP contribution is 2.15. The fourth-order valence-corrected chi connectivity index (χ4v) is 2.53. The van der Waals surface area contributed by atoms with Gasteiger partial charge in [-0.25, -0.2) is 4.79 Å². The van der Waals surface area contributed by atoms with Crippen molar-refractivity contribution in [3.8, 4) is 0 Å². The fourth-order valence-electron chi connectivity index (χ4n) is 2.53. The topological polar surface area (TPSA) is 111 Å². The lowest BCUT2D eigenvalue weighted by Gasteiger charge is -2.13. The molecule has 1 atom stereocenters. The van der Waals surface area contributed by atoms with Gasteiger partial charge in [0.05, 0.1) is 24.1 Å². The molecule has 2 N–H and O–H groups in total. The summed E-state index contributed by atoms with van der Waals surface area (Å²) in [6, 6.07) is 8.84. The summed E-state index contributed by atoms with van der Waals surface area (Å²) < 4.78 is 11.9. The average molecular weight is 383 g/mol. The summed E-state index contributed by atoms with van der Waals surface area (Å²) in [7, 11) is 0. The van der Waals surface area contributed by atoms with Crippen molar-refractivity contribution in [1.82, 2.24) is 14.9 Å². The molecule has 0 spiro atoms. The minimum Gasteiger partial charge on any atom is -0.436 e. The van der Waals surface area contributed by atoms with Gasteiger partial charge in [0.25, 0.3) is 5.91 Å². The molecule has 9 heteroatoms. The van der Waals surface area contributed by atoms with Crippen LogP contribution >= 0.6 is 0 Å². The Kier molecular flexibility index (Phi) is 5.73. The van der Waals surface area contributed by atoms with Gasteiger partial charge in [-0.2, -0.15) is 5.10 Å². The number of para-hydroxylation sites is 1. The third-order valence-corrected chi connectivity index (χ3v) is 4.08. The first-order valence-corrected chi connectivity index (χ1v) is 8.70. The summed E-state index contributed by atoms with van der Waals surface area (Å²) in [4.78, 5) is 24.1. The molecule has 0 saturated carbocycles. The molecular formula is C19H21N5O4. The lowest BCUT2D eigenvalue weighted by atomic mass is 10.2. The third kappa shape index (κ3) is 4.76. The molecule has 9 nitrogen and oxygen atoms in total. The number of nitrogens with zero attached hydrogens (tertiary/aromatic N) is 3. The highest BCUT2D eigenvalue weighted by molar-refractivity contribution is 5.95. The number of carbonyl (C=O) groups is 2. The molecule has 0 aliphatic carbocycles. The SMILES string of the molecule is Cc1noc(C)c1Cn1cc(NC(=O)C(C)OC(=O)Nc2ccccc2)cn1. The average Bonchev–Trinajstić information content (AvgIpc) is 3.23. The monoisotopic (exact) mass is 383 g/mol. The molecule has 0 fully saturated rings. The van der Waals surface area contributed by atoms with Gasteiger partial charge in [0.1, 0.15) is 5.76 Å². The first-order valence-electron chi connectivity index (χ1n) is 8.70. The van der Waals surface area contributed by atoms with Gasteiger partial charge in [-0.3, -0.25) is 14.8 Å². The number of anilines is 2. The van der Waals surface area contributed by atoms with Gasteiger partial charge in [0.15, 0.2) is 6.10 Å². The van der Waals surface area contributed by atoms with E-state index in [9.17, 15) is 9.59 Å². The zero-order valence-corrected chi connectivity index (χ0v) is 15.8. The summed E-state index contributed by atoms with van der Waals surface area (Å²) in [5.41, 5.74) is 2.82. The van der Waals surface area contributed by atoms with Crippen molar-refractivity contribution in [2.45, 2.75) is 33.4 Å². The van der Waals surface area contributed by atoms with Crippen LogP contribution in [0, 0.1) is 13.8 Å². The Morgan fingerprint density at radius 3 is 2.61 bits per heavy atom. The van der Waals surface area contributed by atoms with Crippen molar-refractivity contribution in [3.63, 3.8) is 0 Å². The Labute approximate surface area is 161 Å². The van der Waals surface area contributed by atoms with E-state index in [0.29, 0.717) is 17.9 Å². The standard InChI is InChI=1S/C19H21N5O4/c1-12-17(13(2)28-23-12)11-24-10-16(9-20-24)21-18(25)14(3)27-19(26)22-15-7-5-4-6-8-15/h4-10,14H,11H2,1-3H3,(H,21,25)(H,22,26). The summed E-state index contributed by atoms with van der Waals surface area (Å²) in [6.07, 6.45) is 1.52. The van der Waals surface area contributed by atoms with Gasteiger partial charge in [0.2, 0.25) is 0 Å². The molecule has 0 saturated heterocycles. The van der Waals surface area contributed by atoms with E-state index in [4.69, 9.17) is 9.26 Å². The Hall–Kier alpha value is -3.62. The van der Waals surface area contributed by atoms with Gasteiger partial charge in [0, 0.05) is 17.4 Å². The normalized spacial score (nSPS) is 11.7. The van der Waals surface area contributed by atoms with Gasteiger partial charge in [-0.05, 0) is 32.9 Å². The minimum absolute atomic E-state index is 0.458. The van der Waals surface area contributed by atoms with Crippen molar-refractivity contribution in [3.05, 3.63) is 59.7 Å². The van der Waals surface area contributed by atoms with Gasteiger partial charge in [-0.15, -0.1) is 0 Å². The molecule has 146 valence electrons. The molecular weight excluding hydrogens is 362 g/mol. The molecule has 1 unspecified atom stereocenters. The summed E-state index contributed by atoms with van der Waals surface area (Å²) in [5, 5.41) is 13.4. The molecule has 1 aromatic carbocycles. The van der Waals surface area contributed by atoms with Crippen LogP contribution in [0.4, 0.5) is 16.2 Å². The van der Waals surface area contributed by atoms with Crippen LogP contribution in [0.3, 0.4) is 0 Å². The second-order valence-electron chi connectivity index (χ2n) is 6.26. The maximum absolute atomic E-state index is 12.3. The number of nitrogens with one attached hydrogen (secondary N) is 2. The Morgan fingerprint density at radius 1 is 1.18 bits per heavy atom. The Morgan fingerprint density at radius 2 is 1.93 bits per heavy atom. The van der Waals surface area contributed by atoms with Crippen LogP contribution in [0.1, 0.15) is 23.9 Å². The molecule has 0 aliphatic heterocycles. The molecule has 2 heterocycles. The van der Waals surface area contributed by atoms with E-state index in [-0.39, 0.29) is 0 Å².